The van der Waals surface area contributed by atoms with Crippen LogP contribution in [-0.4, -0.2) is 31.8 Å². The molecule has 0 atom stereocenters. The number of pyridine rings is 1. The Bertz CT molecular complexity index is 709. The SMILES string of the molecule is CNc1ccc2[nH]c(-c3cnn(C)c3C)nc2n1. The van der Waals surface area contributed by atoms with E-state index in [0.717, 1.165) is 28.4 Å². The molecule has 2 N–H and O–H groups in total. The molecule has 0 aliphatic carbocycles. The maximum Gasteiger partial charge on any atom is 0.180 e. The van der Waals surface area contributed by atoms with E-state index in [4.69, 9.17) is 0 Å². The Labute approximate surface area is 104 Å². The summed E-state index contributed by atoms with van der Waals surface area (Å²) in [6, 6.07) is 3.89. The zero-order chi connectivity index (χ0) is 12.7. The van der Waals surface area contributed by atoms with Crippen LogP contribution >= 0.6 is 0 Å². The van der Waals surface area contributed by atoms with E-state index in [2.05, 4.69) is 25.4 Å². The van der Waals surface area contributed by atoms with Crippen LogP contribution in [0.1, 0.15) is 5.69 Å². The van der Waals surface area contributed by atoms with Crippen LogP contribution in [0.4, 0.5) is 5.82 Å². The summed E-state index contributed by atoms with van der Waals surface area (Å²) < 4.78 is 1.83. The Morgan fingerprint density at radius 1 is 1.28 bits per heavy atom. The van der Waals surface area contributed by atoms with Gasteiger partial charge in [-0.2, -0.15) is 5.10 Å². The number of anilines is 1. The van der Waals surface area contributed by atoms with Gasteiger partial charge in [-0.1, -0.05) is 0 Å². The third-order valence-corrected chi connectivity index (χ3v) is 3.09. The molecule has 3 rings (SSSR count). The van der Waals surface area contributed by atoms with Crippen molar-refractivity contribution < 1.29 is 0 Å². The highest BCUT2D eigenvalue weighted by molar-refractivity contribution is 5.77. The summed E-state index contributed by atoms with van der Waals surface area (Å²) in [7, 11) is 3.76. The first-order valence-electron chi connectivity index (χ1n) is 5.72. The number of nitrogens with one attached hydrogen (secondary N) is 2. The molecule has 3 aromatic heterocycles. The lowest BCUT2D eigenvalue weighted by Gasteiger charge is -1.95. The second-order valence-electron chi connectivity index (χ2n) is 4.17. The van der Waals surface area contributed by atoms with E-state index in [1.165, 1.54) is 0 Å². The third-order valence-electron chi connectivity index (χ3n) is 3.09. The fourth-order valence-corrected chi connectivity index (χ4v) is 1.89. The van der Waals surface area contributed by atoms with Crippen molar-refractivity contribution in [1.82, 2.24) is 24.7 Å². The van der Waals surface area contributed by atoms with Crippen LogP contribution in [0.15, 0.2) is 18.3 Å². The minimum Gasteiger partial charge on any atom is -0.373 e. The molecule has 6 heteroatoms. The highest BCUT2D eigenvalue weighted by Crippen LogP contribution is 2.22. The minimum absolute atomic E-state index is 0.708. The smallest absolute Gasteiger partial charge is 0.180 e. The molecule has 0 spiro atoms. The van der Waals surface area contributed by atoms with Crippen molar-refractivity contribution in [3.8, 4) is 11.4 Å². The molecule has 0 saturated heterocycles. The lowest BCUT2D eigenvalue weighted by atomic mass is 10.2. The van der Waals surface area contributed by atoms with E-state index in [1.807, 2.05) is 44.0 Å². The van der Waals surface area contributed by atoms with Crippen molar-refractivity contribution in [2.75, 3.05) is 12.4 Å². The number of aryl methyl sites for hydroxylation is 1. The van der Waals surface area contributed by atoms with Crippen LogP contribution in [-0.2, 0) is 7.05 Å². The first-order valence-corrected chi connectivity index (χ1v) is 5.72. The third kappa shape index (κ3) is 1.54. The number of rotatable bonds is 2. The monoisotopic (exact) mass is 242 g/mol. The van der Waals surface area contributed by atoms with Gasteiger partial charge in [-0.3, -0.25) is 4.68 Å². The van der Waals surface area contributed by atoms with Gasteiger partial charge in [0.25, 0.3) is 0 Å². The molecular weight excluding hydrogens is 228 g/mol. The number of H-pyrrole nitrogens is 1. The molecule has 0 amide bonds. The van der Waals surface area contributed by atoms with E-state index in [-0.39, 0.29) is 0 Å². The number of hydrogen-bond donors (Lipinski definition) is 2. The summed E-state index contributed by atoms with van der Waals surface area (Å²) in [6.45, 7) is 2.02. The van der Waals surface area contributed by atoms with E-state index in [9.17, 15) is 0 Å². The predicted octanol–water partition coefficient (Wildman–Crippen LogP) is 1.71. The number of nitrogens with zero attached hydrogens (tertiary/aromatic N) is 4. The molecule has 0 aromatic carbocycles. The summed E-state index contributed by atoms with van der Waals surface area (Å²) in [5, 5.41) is 7.22. The highest BCUT2D eigenvalue weighted by atomic mass is 15.3. The summed E-state index contributed by atoms with van der Waals surface area (Å²) >= 11 is 0. The normalized spacial score (nSPS) is 11.1. The lowest BCUT2D eigenvalue weighted by molar-refractivity contribution is 0.740. The van der Waals surface area contributed by atoms with Gasteiger partial charge in [0.15, 0.2) is 5.65 Å². The number of aromatic nitrogens is 5. The van der Waals surface area contributed by atoms with E-state index >= 15 is 0 Å². The fraction of sp³-hybridized carbons (Fsp3) is 0.250. The molecule has 6 nitrogen and oxygen atoms in total. The fourth-order valence-electron chi connectivity index (χ4n) is 1.89. The van der Waals surface area contributed by atoms with Gasteiger partial charge in [-0.05, 0) is 19.1 Å². The molecule has 92 valence electrons. The average molecular weight is 242 g/mol. The van der Waals surface area contributed by atoms with Gasteiger partial charge in [0.1, 0.15) is 11.6 Å². The summed E-state index contributed by atoms with van der Waals surface area (Å²) in [5.74, 6) is 1.61. The van der Waals surface area contributed by atoms with Crippen molar-refractivity contribution in [2.45, 2.75) is 6.92 Å². The Kier molecular flexibility index (Phi) is 2.29. The number of aromatic amines is 1. The molecule has 0 bridgehead atoms. The van der Waals surface area contributed by atoms with Crippen LogP contribution < -0.4 is 5.32 Å². The Morgan fingerprint density at radius 3 is 2.78 bits per heavy atom. The van der Waals surface area contributed by atoms with Gasteiger partial charge in [0, 0.05) is 19.8 Å². The molecule has 0 aliphatic heterocycles. The second kappa shape index (κ2) is 3.83. The average Bonchev–Trinajstić information content (AvgIpc) is 2.93. The van der Waals surface area contributed by atoms with Gasteiger partial charge in [0.05, 0.1) is 17.3 Å². The molecule has 0 fully saturated rings. The largest absolute Gasteiger partial charge is 0.373 e. The predicted molar refractivity (Wildman–Crippen MR) is 70.4 cm³/mol. The maximum atomic E-state index is 4.51. The van der Waals surface area contributed by atoms with Crippen molar-refractivity contribution in [3.05, 3.63) is 24.0 Å². The standard InChI is InChI=1S/C12H14N6/c1-7-8(6-14-18(7)3)11-15-9-4-5-10(13-2)16-12(9)17-11/h4-6H,1-3H3,(H2,13,15,16,17). The summed E-state index contributed by atoms with van der Waals surface area (Å²) in [6.07, 6.45) is 1.81. The molecule has 0 unspecified atom stereocenters. The molecule has 18 heavy (non-hydrogen) atoms. The molecular formula is C12H14N6. The Morgan fingerprint density at radius 2 is 2.11 bits per heavy atom. The second-order valence-corrected chi connectivity index (χ2v) is 4.17. The topological polar surface area (TPSA) is 71.4 Å². The van der Waals surface area contributed by atoms with Crippen molar-refractivity contribution >= 4 is 17.0 Å². The van der Waals surface area contributed by atoms with Crippen molar-refractivity contribution in [1.29, 1.82) is 0 Å². The zero-order valence-corrected chi connectivity index (χ0v) is 10.5. The first kappa shape index (κ1) is 10.8. The van der Waals surface area contributed by atoms with Gasteiger partial charge in [0.2, 0.25) is 0 Å². The van der Waals surface area contributed by atoms with Crippen LogP contribution in [0, 0.1) is 6.92 Å². The minimum atomic E-state index is 0.708. The summed E-state index contributed by atoms with van der Waals surface area (Å²) in [4.78, 5) is 12.2. The number of hydrogen-bond acceptors (Lipinski definition) is 4. The van der Waals surface area contributed by atoms with Gasteiger partial charge in [-0.25, -0.2) is 9.97 Å². The lowest BCUT2D eigenvalue weighted by Crippen LogP contribution is -1.92. The van der Waals surface area contributed by atoms with Gasteiger partial charge >= 0.3 is 0 Å². The molecule has 0 saturated carbocycles. The first-order chi connectivity index (χ1) is 8.69. The van der Waals surface area contributed by atoms with E-state index < -0.39 is 0 Å². The quantitative estimate of drug-likeness (QED) is 0.717. The molecule has 0 radical (unpaired) electrons. The number of fused-ring (bicyclic) bond motifs is 1. The van der Waals surface area contributed by atoms with Crippen LogP contribution in [0.2, 0.25) is 0 Å². The maximum absolute atomic E-state index is 4.51. The van der Waals surface area contributed by atoms with E-state index in [0.29, 0.717) is 5.65 Å². The van der Waals surface area contributed by atoms with Crippen molar-refractivity contribution in [2.24, 2.45) is 7.05 Å². The molecule has 0 aliphatic rings. The zero-order valence-electron chi connectivity index (χ0n) is 10.5. The molecule has 3 heterocycles. The summed E-state index contributed by atoms with van der Waals surface area (Å²) in [5.41, 5.74) is 3.71. The van der Waals surface area contributed by atoms with Gasteiger partial charge < -0.3 is 10.3 Å². The van der Waals surface area contributed by atoms with Gasteiger partial charge in [-0.15, -0.1) is 0 Å². The van der Waals surface area contributed by atoms with Crippen LogP contribution in [0.25, 0.3) is 22.6 Å². The van der Waals surface area contributed by atoms with E-state index in [1.54, 1.807) is 0 Å². The molecule has 3 aromatic rings. The number of imidazole rings is 1. The highest BCUT2D eigenvalue weighted by Gasteiger charge is 2.11. The Hall–Kier alpha value is -2.37. The van der Waals surface area contributed by atoms with Crippen molar-refractivity contribution in [3.63, 3.8) is 0 Å². The van der Waals surface area contributed by atoms with Crippen LogP contribution in [0.5, 0.6) is 0 Å². The Balaban J connectivity index is 2.16. The van der Waals surface area contributed by atoms with Crippen LogP contribution in [0.3, 0.4) is 0 Å².